The largest absolute Gasteiger partial charge is 0.497 e. The van der Waals surface area contributed by atoms with Gasteiger partial charge in [-0.1, -0.05) is 60.7 Å². The summed E-state index contributed by atoms with van der Waals surface area (Å²) in [5, 5.41) is 17.1. The SMILES string of the molecule is COc1ccc(CNS(=O)(=O)c2c(CC3CC[N+](C)(C)CC3)ccc(-c3ccc(C4CNC4)cc3)c2-c2nnn(Cc3ccc(OC)cc3)n2)cc1. The van der Waals surface area contributed by atoms with Crippen molar-refractivity contribution in [3.05, 3.63) is 107 Å². The zero-order chi connectivity index (χ0) is 36.3. The van der Waals surface area contributed by atoms with Crippen molar-refractivity contribution >= 4 is 10.0 Å². The Labute approximate surface area is 306 Å². The van der Waals surface area contributed by atoms with Crippen LogP contribution in [-0.2, 0) is 29.5 Å². The van der Waals surface area contributed by atoms with Gasteiger partial charge in [0.1, 0.15) is 11.5 Å². The maximum atomic E-state index is 14.8. The van der Waals surface area contributed by atoms with E-state index in [1.54, 1.807) is 14.2 Å². The van der Waals surface area contributed by atoms with E-state index in [0.717, 1.165) is 77.1 Å². The Bertz CT molecular complexity index is 2080. The molecule has 0 bridgehead atoms. The van der Waals surface area contributed by atoms with Crippen LogP contribution in [0.4, 0.5) is 0 Å². The van der Waals surface area contributed by atoms with Crippen LogP contribution in [-0.4, -0.2) is 87.6 Å². The lowest BCUT2D eigenvalue weighted by Gasteiger charge is -2.37. The fraction of sp³-hybridized carbons (Fsp3) is 0.375. The highest BCUT2D eigenvalue weighted by molar-refractivity contribution is 7.89. The Morgan fingerprint density at radius 2 is 1.48 bits per heavy atom. The molecule has 0 amide bonds. The molecule has 272 valence electrons. The molecule has 5 aromatic rings. The Morgan fingerprint density at radius 3 is 2.08 bits per heavy atom. The van der Waals surface area contributed by atoms with Crippen LogP contribution in [0.1, 0.15) is 41.0 Å². The van der Waals surface area contributed by atoms with Gasteiger partial charge in [0.05, 0.1) is 58.4 Å². The molecule has 1 aromatic heterocycles. The molecule has 11 nitrogen and oxygen atoms in total. The molecule has 2 aliphatic heterocycles. The zero-order valence-electron chi connectivity index (χ0n) is 30.4. The number of sulfonamides is 1. The molecule has 52 heavy (non-hydrogen) atoms. The summed E-state index contributed by atoms with van der Waals surface area (Å²) in [6.45, 7) is 4.51. The van der Waals surface area contributed by atoms with Crippen molar-refractivity contribution < 1.29 is 22.4 Å². The molecule has 2 N–H and O–H groups in total. The first kappa shape index (κ1) is 35.8. The summed E-state index contributed by atoms with van der Waals surface area (Å²) in [7, 11) is 3.68. The maximum Gasteiger partial charge on any atom is 0.241 e. The van der Waals surface area contributed by atoms with Gasteiger partial charge in [-0.3, -0.25) is 0 Å². The van der Waals surface area contributed by atoms with Gasteiger partial charge in [0, 0.05) is 25.6 Å². The lowest BCUT2D eigenvalue weighted by molar-refractivity contribution is -0.896. The normalized spacial score (nSPS) is 16.4. The van der Waals surface area contributed by atoms with E-state index in [1.165, 1.54) is 10.4 Å². The van der Waals surface area contributed by atoms with Gasteiger partial charge < -0.3 is 19.3 Å². The highest BCUT2D eigenvalue weighted by atomic mass is 32.2. The van der Waals surface area contributed by atoms with E-state index in [0.29, 0.717) is 36.1 Å². The minimum Gasteiger partial charge on any atom is -0.497 e. The van der Waals surface area contributed by atoms with Crippen LogP contribution >= 0.6 is 0 Å². The minimum atomic E-state index is -4.09. The summed E-state index contributed by atoms with van der Waals surface area (Å²) in [6.07, 6.45) is 2.69. The summed E-state index contributed by atoms with van der Waals surface area (Å²) < 4.78 is 44.1. The molecule has 0 radical (unpaired) electrons. The van der Waals surface area contributed by atoms with E-state index in [2.05, 4.69) is 58.7 Å². The number of nitrogens with zero attached hydrogens (tertiary/aromatic N) is 5. The number of tetrazole rings is 1. The van der Waals surface area contributed by atoms with E-state index in [-0.39, 0.29) is 17.3 Å². The highest BCUT2D eigenvalue weighted by Crippen LogP contribution is 2.40. The molecule has 4 aromatic carbocycles. The fourth-order valence-corrected chi connectivity index (χ4v) is 8.62. The lowest BCUT2D eigenvalue weighted by Crippen LogP contribution is -2.46. The van der Waals surface area contributed by atoms with Gasteiger partial charge in [-0.05, 0) is 88.0 Å². The van der Waals surface area contributed by atoms with Crippen LogP contribution in [0.2, 0.25) is 0 Å². The number of piperidine rings is 1. The first-order valence-electron chi connectivity index (χ1n) is 17.9. The number of aromatic nitrogens is 4. The van der Waals surface area contributed by atoms with Gasteiger partial charge in [0.15, 0.2) is 0 Å². The van der Waals surface area contributed by atoms with Crippen molar-refractivity contribution in [2.24, 2.45) is 5.92 Å². The summed E-state index contributed by atoms with van der Waals surface area (Å²) in [4.78, 5) is 1.73. The average Bonchev–Trinajstić information content (AvgIpc) is 3.59. The lowest BCUT2D eigenvalue weighted by atomic mass is 9.87. The molecular formula is C40H48N7O4S+. The monoisotopic (exact) mass is 722 g/mol. The number of ether oxygens (including phenoxy) is 2. The molecule has 0 spiro atoms. The molecule has 0 saturated carbocycles. The molecule has 2 fully saturated rings. The van der Waals surface area contributed by atoms with Crippen LogP contribution in [0.15, 0.2) is 89.8 Å². The number of nitrogens with one attached hydrogen (secondary N) is 2. The third kappa shape index (κ3) is 8.05. The summed E-state index contributed by atoms with van der Waals surface area (Å²) in [5.41, 5.74) is 5.92. The fourth-order valence-electron chi connectivity index (χ4n) is 7.15. The van der Waals surface area contributed by atoms with Crippen molar-refractivity contribution in [2.45, 2.75) is 43.2 Å². The number of hydrogen-bond acceptors (Lipinski definition) is 8. The smallest absolute Gasteiger partial charge is 0.241 e. The number of quaternary nitrogens is 1. The Hall–Kier alpha value is -4.62. The van der Waals surface area contributed by atoms with E-state index < -0.39 is 10.0 Å². The third-order valence-corrected chi connectivity index (χ3v) is 12.1. The van der Waals surface area contributed by atoms with Gasteiger partial charge in [-0.25, -0.2) is 13.1 Å². The maximum absolute atomic E-state index is 14.8. The first-order chi connectivity index (χ1) is 25.1. The van der Waals surface area contributed by atoms with E-state index >= 15 is 0 Å². The number of methoxy groups -OCH3 is 2. The van der Waals surface area contributed by atoms with E-state index in [4.69, 9.17) is 14.6 Å². The van der Waals surface area contributed by atoms with Crippen molar-refractivity contribution in [3.63, 3.8) is 0 Å². The summed E-state index contributed by atoms with van der Waals surface area (Å²) >= 11 is 0. The van der Waals surface area contributed by atoms with Crippen LogP contribution in [0.5, 0.6) is 11.5 Å². The molecule has 12 heteroatoms. The van der Waals surface area contributed by atoms with Crippen LogP contribution in [0.25, 0.3) is 22.5 Å². The average molecular weight is 723 g/mol. The molecule has 7 rings (SSSR count). The van der Waals surface area contributed by atoms with Gasteiger partial charge in [-0.15, -0.1) is 10.2 Å². The second kappa shape index (κ2) is 15.2. The summed E-state index contributed by atoms with van der Waals surface area (Å²) in [6, 6.07) is 27.6. The minimum absolute atomic E-state index is 0.117. The highest BCUT2D eigenvalue weighted by Gasteiger charge is 2.32. The van der Waals surface area contributed by atoms with Crippen molar-refractivity contribution in [3.8, 4) is 34.0 Å². The topological polar surface area (TPSA) is 120 Å². The van der Waals surface area contributed by atoms with Gasteiger partial charge in [0.25, 0.3) is 0 Å². The number of rotatable bonds is 13. The molecule has 3 heterocycles. The Kier molecular flexibility index (Phi) is 10.4. The molecule has 0 atom stereocenters. The van der Waals surface area contributed by atoms with Crippen molar-refractivity contribution in [2.75, 3.05) is 54.5 Å². The zero-order valence-corrected chi connectivity index (χ0v) is 31.2. The van der Waals surface area contributed by atoms with Crippen LogP contribution < -0.4 is 19.5 Å². The van der Waals surface area contributed by atoms with Gasteiger partial charge in [-0.2, -0.15) is 4.80 Å². The quantitative estimate of drug-likeness (QED) is 0.158. The predicted molar refractivity (Wildman–Crippen MR) is 202 cm³/mol. The second-order valence-electron chi connectivity index (χ2n) is 14.6. The van der Waals surface area contributed by atoms with Gasteiger partial charge >= 0.3 is 0 Å². The van der Waals surface area contributed by atoms with Crippen molar-refractivity contribution in [1.29, 1.82) is 0 Å². The number of benzene rings is 4. The number of likely N-dealkylation sites (tertiary alicyclic amines) is 1. The standard InChI is InChI=1S/C40H48N7O4S/c1-47(2)21-19-28(20-22-47)23-33-13-18-37(32-11-9-31(10-12-32)34-25-41-26-34)38(39(33)52(48,49)42-24-29-5-14-35(50-3)15-6-29)40-43-45-46(44-40)27-30-7-16-36(51-4)17-8-30/h5-18,28,34,41-42H,19-27H2,1-4H3/q+1. The third-order valence-electron chi connectivity index (χ3n) is 10.6. The molecular weight excluding hydrogens is 675 g/mol. The number of hydrogen-bond donors (Lipinski definition) is 2. The molecule has 0 aliphatic carbocycles. The van der Waals surface area contributed by atoms with Crippen molar-refractivity contribution in [1.82, 2.24) is 30.2 Å². The molecule has 0 unspecified atom stereocenters. The summed E-state index contributed by atoms with van der Waals surface area (Å²) in [5.74, 6) is 2.57. The van der Waals surface area contributed by atoms with Gasteiger partial charge in [0.2, 0.25) is 15.8 Å². The molecule has 2 aliphatic rings. The van der Waals surface area contributed by atoms with E-state index in [1.807, 2.05) is 60.7 Å². The Balaban J connectivity index is 1.33. The Morgan fingerprint density at radius 1 is 0.846 bits per heavy atom. The first-order valence-corrected chi connectivity index (χ1v) is 19.4. The van der Waals surface area contributed by atoms with E-state index in [9.17, 15) is 8.42 Å². The van der Waals surface area contributed by atoms with Crippen LogP contribution in [0.3, 0.4) is 0 Å². The predicted octanol–water partition coefficient (Wildman–Crippen LogP) is 5.27. The van der Waals surface area contributed by atoms with Crippen LogP contribution in [0, 0.1) is 5.92 Å². The molecule has 2 saturated heterocycles. The second-order valence-corrected chi connectivity index (χ2v) is 16.4.